The molecule has 4 heteroatoms. The standard InChI is InChI=1S/C23H14ClN3/c24-22-20(15-25)21(18-9-5-2-6-10-18)26-23(27-22)19-13-11-17(12-14-19)16-7-3-1-4-8-16/h1-14H. The Bertz CT molecular complexity index is 1120. The molecule has 4 aromatic rings. The molecule has 0 atom stereocenters. The molecule has 0 amide bonds. The third-order valence-corrected chi connectivity index (χ3v) is 4.55. The van der Waals surface area contributed by atoms with Crippen LogP contribution in [-0.4, -0.2) is 9.97 Å². The van der Waals surface area contributed by atoms with Crippen LogP contribution in [0.2, 0.25) is 5.15 Å². The Balaban J connectivity index is 1.79. The van der Waals surface area contributed by atoms with Gasteiger partial charge in [0, 0.05) is 11.1 Å². The molecular formula is C23H14ClN3. The number of hydrogen-bond donors (Lipinski definition) is 0. The van der Waals surface area contributed by atoms with Crippen molar-refractivity contribution in [1.82, 2.24) is 9.97 Å². The zero-order chi connectivity index (χ0) is 18.6. The third-order valence-electron chi connectivity index (χ3n) is 4.27. The van der Waals surface area contributed by atoms with Crippen LogP contribution in [0.25, 0.3) is 33.8 Å². The average molecular weight is 368 g/mol. The zero-order valence-electron chi connectivity index (χ0n) is 14.3. The maximum absolute atomic E-state index is 9.47. The highest BCUT2D eigenvalue weighted by Crippen LogP contribution is 2.30. The van der Waals surface area contributed by atoms with Gasteiger partial charge >= 0.3 is 0 Å². The van der Waals surface area contributed by atoms with Gasteiger partial charge in [-0.3, -0.25) is 0 Å². The Labute approximate surface area is 162 Å². The van der Waals surface area contributed by atoms with Crippen LogP contribution in [0.4, 0.5) is 0 Å². The van der Waals surface area contributed by atoms with E-state index in [4.69, 9.17) is 11.6 Å². The van der Waals surface area contributed by atoms with Crippen LogP contribution < -0.4 is 0 Å². The van der Waals surface area contributed by atoms with Gasteiger partial charge in [0.1, 0.15) is 11.6 Å². The van der Waals surface area contributed by atoms with Gasteiger partial charge in [0.2, 0.25) is 0 Å². The maximum Gasteiger partial charge on any atom is 0.161 e. The van der Waals surface area contributed by atoms with Crippen LogP contribution in [0.3, 0.4) is 0 Å². The molecule has 0 fully saturated rings. The minimum absolute atomic E-state index is 0.161. The lowest BCUT2D eigenvalue weighted by atomic mass is 10.0. The highest BCUT2D eigenvalue weighted by Gasteiger charge is 2.15. The van der Waals surface area contributed by atoms with Gasteiger partial charge in [0.15, 0.2) is 11.0 Å². The van der Waals surface area contributed by atoms with E-state index >= 15 is 0 Å². The fourth-order valence-corrected chi connectivity index (χ4v) is 3.12. The Kier molecular flexibility index (Phi) is 4.65. The van der Waals surface area contributed by atoms with E-state index in [1.807, 2.05) is 72.8 Å². The van der Waals surface area contributed by atoms with Gasteiger partial charge in [-0.15, -0.1) is 0 Å². The molecule has 0 unspecified atom stereocenters. The second-order valence-corrected chi connectivity index (χ2v) is 6.34. The fraction of sp³-hybridized carbons (Fsp3) is 0. The maximum atomic E-state index is 9.47. The predicted molar refractivity (Wildman–Crippen MR) is 108 cm³/mol. The lowest BCUT2D eigenvalue weighted by molar-refractivity contribution is 1.16. The van der Waals surface area contributed by atoms with Crippen LogP contribution >= 0.6 is 11.6 Å². The summed E-state index contributed by atoms with van der Waals surface area (Å²) in [7, 11) is 0. The van der Waals surface area contributed by atoms with Crippen molar-refractivity contribution in [1.29, 1.82) is 5.26 Å². The van der Waals surface area contributed by atoms with Crippen LogP contribution in [0.1, 0.15) is 5.56 Å². The smallest absolute Gasteiger partial charge is 0.161 e. The van der Waals surface area contributed by atoms with Gasteiger partial charge in [-0.25, -0.2) is 9.97 Å². The molecule has 0 bridgehead atoms. The molecule has 0 aliphatic heterocycles. The van der Waals surface area contributed by atoms with Crippen molar-refractivity contribution in [3.05, 3.63) is 95.6 Å². The number of hydrogen-bond acceptors (Lipinski definition) is 3. The topological polar surface area (TPSA) is 49.6 Å². The van der Waals surface area contributed by atoms with Gasteiger partial charge in [-0.2, -0.15) is 5.26 Å². The van der Waals surface area contributed by atoms with E-state index in [1.165, 1.54) is 0 Å². The van der Waals surface area contributed by atoms with E-state index < -0.39 is 0 Å². The molecular weight excluding hydrogens is 354 g/mol. The van der Waals surface area contributed by atoms with E-state index in [2.05, 4.69) is 28.2 Å². The molecule has 0 radical (unpaired) electrons. The number of nitriles is 1. The van der Waals surface area contributed by atoms with E-state index in [0.29, 0.717) is 11.5 Å². The van der Waals surface area contributed by atoms with E-state index in [0.717, 1.165) is 22.3 Å². The van der Waals surface area contributed by atoms with Crippen molar-refractivity contribution in [2.75, 3.05) is 0 Å². The van der Waals surface area contributed by atoms with Gasteiger partial charge in [-0.1, -0.05) is 96.5 Å². The van der Waals surface area contributed by atoms with E-state index in [9.17, 15) is 5.26 Å². The summed E-state index contributed by atoms with van der Waals surface area (Å²) in [6.07, 6.45) is 0. The molecule has 3 aromatic carbocycles. The molecule has 4 rings (SSSR count). The van der Waals surface area contributed by atoms with Gasteiger partial charge in [-0.05, 0) is 11.1 Å². The number of halogens is 1. The van der Waals surface area contributed by atoms with Crippen molar-refractivity contribution < 1.29 is 0 Å². The lowest BCUT2D eigenvalue weighted by Crippen LogP contribution is -1.98. The minimum atomic E-state index is 0.161. The summed E-state index contributed by atoms with van der Waals surface area (Å²) in [5, 5.41) is 9.63. The van der Waals surface area contributed by atoms with Crippen LogP contribution in [0.5, 0.6) is 0 Å². The Morgan fingerprint density at radius 2 is 1.15 bits per heavy atom. The quantitative estimate of drug-likeness (QED) is 0.417. The van der Waals surface area contributed by atoms with E-state index in [1.54, 1.807) is 0 Å². The fourth-order valence-electron chi connectivity index (χ4n) is 2.91. The van der Waals surface area contributed by atoms with Gasteiger partial charge in [0.25, 0.3) is 0 Å². The molecule has 0 N–H and O–H groups in total. The number of nitrogens with zero attached hydrogens (tertiary/aromatic N) is 3. The molecule has 0 spiro atoms. The number of aromatic nitrogens is 2. The Hall–Kier alpha value is -3.48. The monoisotopic (exact) mass is 367 g/mol. The summed E-state index contributed by atoms with van der Waals surface area (Å²) in [6, 6.07) is 29.8. The minimum Gasteiger partial charge on any atom is -0.226 e. The van der Waals surface area contributed by atoms with Crippen LogP contribution in [0, 0.1) is 11.3 Å². The molecule has 0 saturated heterocycles. The summed E-state index contributed by atoms with van der Waals surface area (Å²) < 4.78 is 0. The van der Waals surface area contributed by atoms with Gasteiger partial charge < -0.3 is 0 Å². The van der Waals surface area contributed by atoms with Crippen molar-refractivity contribution in [3.8, 4) is 39.8 Å². The first-order chi connectivity index (χ1) is 13.3. The summed E-state index contributed by atoms with van der Waals surface area (Å²) in [4.78, 5) is 8.96. The first-order valence-corrected chi connectivity index (χ1v) is 8.83. The summed E-state index contributed by atoms with van der Waals surface area (Å²) in [5.41, 5.74) is 4.77. The molecule has 0 aliphatic rings. The van der Waals surface area contributed by atoms with Crippen molar-refractivity contribution >= 4 is 11.6 Å². The Morgan fingerprint density at radius 1 is 0.630 bits per heavy atom. The highest BCUT2D eigenvalue weighted by atomic mass is 35.5. The normalized spacial score (nSPS) is 10.4. The second-order valence-electron chi connectivity index (χ2n) is 5.98. The molecule has 3 nitrogen and oxygen atoms in total. The third kappa shape index (κ3) is 3.44. The average Bonchev–Trinajstić information content (AvgIpc) is 2.74. The molecule has 1 aromatic heterocycles. The Morgan fingerprint density at radius 3 is 1.74 bits per heavy atom. The molecule has 0 saturated carbocycles. The number of benzene rings is 3. The first kappa shape index (κ1) is 17.0. The van der Waals surface area contributed by atoms with Crippen molar-refractivity contribution in [2.45, 2.75) is 0 Å². The molecule has 1 heterocycles. The largest absolute Gasteiger partial charge is 0.226 e. The molecule has 27 heavy (non-hydrogen) atoms. The molecule has 0 aliphatic carbocycles. The first-order valence-electron chi connectivity index (χ1n) is 8.45. The predicted octanol–water partition coefficient (Wildman–Crippen LogP) is 6.00. The summed E-state index contributed by atoms with van der Waals surface area (Å²) in [5.74, 6) is 0.498. The van der Waals surface area contributed by atoms with Crippen LogP contribution in [0.15, 0.2) is 84.9 Å². The summed E-state index contributed by atoms with van der Waals surface area (Å²) >= 11 is 6.29. The molecule has 128 valence electrons. The SMILES string of the molecule is N#Cc1c(Cl)nc(-c2ccc(-c3ccccc3)cc2)nc1-c1ccccc1. The second kappa shape index (κ2) is 7.41. The van der Waals surface area contributed by atoms with Crippen molar-refractivity contribution in [3.63, 3.8) is 0 Å². The highest BCUT2D eigenvalue weighted by molar-refractivity contribution is 6.31. The van der Waals surface area contributed by atoms with Crippen LogP contribution in [-0.2, 0) is 0 Å². The zero-order valence-corrected chi connectivity index (χ0v) is 15.1. The van der Waals surface area contributed by atoms with E-state index in [-0.39, 0.29) is 10.7 Å². The summed E-state index contributed by atoms with van der Waals surface area (Å²) in [6.45, 7) is 0. The van der Waals surface area contributed by atoms with Crippen molar-refractivity contribution in [2.24, 2.45) is 0 Å². The number of rotatable bonds is 3. The lowest BCUT2D eigenvalue weighted by Gasteiger charge is -2.09. The van der Waals surface area contributed by atoms with Gasteiger partial charge in [0.05, 0.1) is 5.69 Å².